The Morgan fingerprint density at radius 1 is 1.42 bits per heavy atom. The lowest BCUT2D eigenvalue weighted by molar-refractivity contribution is -0.143. The molecule has 0 radical (unpaired) electrons. The summed E-state index contributed by atoms with van der Waals surface area (Å²) < 4.78 is 5.24. The van der Waals surface area contributed by atoms with Crippen LogP contribution in [-0.2, 0) is 9.53 Å². The maximum absolute atomic E-state index is 11.1. The summed E-state index contributed by atoms with van der Waals surface area (Å²) in [5.74, 6) is -0.337. The van der Waals surface area contributed by atoms with Crippen LogP contribution in [0, 0.1) is 0 Å². The van der Waals surface area contributed by atoms with Crippen LogP contribution in [0.4, 0.5) is 5.69 Å². The molecule has 0 saturated heterocycles. The van der Waals surface area contributed by atoms with Crippen LogP contribution in [0.3, 0.4) is 0 Å². The Bertz CT molecular complexity index is 581. The third kappa shape index (κ3) is 4.19. The van der Waals surface area contributed by atoms with E-state index in [4.69, 9.17) is 16.3 Å². The fourth-order valence-electron chi connectivity index (χ4n) is 1.50. The van der Waals surface area contributed by atoms with Gasteiger partial charge in [-0.25, -0.2) is 0 Å². The van der Waals surface area contributed by atoms with Crippen molar-refractivity contribution in [2.45, 2.75) is 13.0 Å². The summed E-state index contributed by atoms with van der Waals surface area (Å²) in [5.41, 5.74) is 0.723. The Kier molecular flexibility index (Phi) is 4.71. The lowest BCUT2D eigenvalue weighted by Crippen LogP contribution is -2.08. The third-order valence-electron chi connectivity index (χ3n) is 2.28. The van der Waals surface area contributed by atoms with Crippen LogP contribution in [-0.4, -0.2) is 12.2 Å². The highest BCUT2D eigenvalue weighted by Gasteiger charge is 2.13. The average Bonchev–Trinajstić information content (AvgIpc) is 2.88. The molecule has 1 unspecified atom stereocenters. The molecule has 1 aromatic carbocycles. The van der Waals surface area contributed by atoms with Crippen molar-refractivity contribution in [3.05, 3.63) is 51.7 Å². The molecule has 0 spiro atoms. The highest BCUT2D eigenvalue weighted by Crippen LogP contribution is 2.23. The summed E-state index contributed by atoms with van der Waals surface area (Å²) in [4.78, 5) is 16.3. The van der Waals surface area contributed by atoms with Crippen LogP contribution in [0.5, 0.6) is 0 Å². The quantitative estimate of drug-likeness (QED) is 0.619. The molecule has 0 amide bonds. The van der Waals surface area contributed by atoms with Crippen molar-refractivity contribution >= 4 is 40.8 Å². The molecule has 0 saturated carbocycles. The molecule has 2 aromatic rings. The second kappa shape index (κ2) is 6.50. The molecule has 1 atom stereocenters. The van der Waals surface area contributed by atoms with Crippen LogP contribution in [0.25, 0.3) is 0 Å². The fraction of sp³-hybridized carbons (Fsp3) is 0.143. The first-order valence-electron chi connectivity index (χ1n) is 5.65. The first kappa shape index (κ1) is 13.8. The highest BCUT2D eigenvalue weighted by atomic mass is 35.5. The summed E-state index contributed by atoms with van der Waals surface area (Å²) in [6.45, 7) is 1.38. The van der Waals surface area contributed by atoms with Crippen LogP contribution in [0.2, 0.25) is 5.02 Å². The normalized spacial score (nSPS) is 12.5. The second-order valence-corrected chi connectivity index (χ2v) is 5.22. The van der Waals surface area contributed by atoms with Crippen molar-refractivity contribution in [3.8, 4) is 0 Å². The smallest absolute Gasteiger partial charge is 0.303 e. The number of rotatable bonds is 4. The lowest BCUT2D eigenvalue weighted by atomic mass is 10.3. The molecule has 1 aromatic heterocycles. The summed E-state index contributed by atoms with van der Waals surface area (Å²) in [7, 11) is 0. The lowest BCUT2D eigenvalue weighted by Gasteiger charge is -2.10. The molecular formula is C14H12ClNO2S. The second-order valence-electron chi connectivity index (χ2n) is 3.80. The molecule has 0 bridgehead atoms. The Labute approximate surface area is 120 Å². The van der Waals surface area contributed by atoms with Crippen molar-refractivity contribution in [3.63, 3.8) is 0 Å². The average molecular weight is 294 g/mol. The topological polar surface area (TPSA) is 38.7 Å². The van der Waals surface area contributed by atoms with E-state index in [9.17, 15) is 4.79 Å². The van der Waals surface area contributed by atoms with E-state index >= 15 is 0 Å². The molecule has 1 heterocycles. The van der Waals surface area contributed by atoms with Gasteiger partial charge in [-0.15, -0.1) is 11.3 Å². The first-order chi connectivity index (χ1) is 9.15. The zero-order valence-electron chi connectivity index (χ0n) is 10.2. The maximum atomic E-state index is 11.1. The Morgan fingerprint density at radius 2 is 2.26 bits per heavy atom. The minimum Gasteiger partial charge on any atom is -0.451 e. The van der Waals surface area contributed by atoms with Crippen molar-refractivity contribution in [1.29, 1.82) is 0 Å². The molecular weight excluding hydrogens is 282 g/mol. The van der Waals surface area contributed by atoms with Crippen molar-refractivity contribution in [2.75, 3.05) is 0 Å². The largest absolute Gasteiger partial charge is 0.451 e. The van der Waals surface area contributed by atoms with Gasteiger partial charge in [-0.2, -0.15) is 0 Å². The number of halogens is 1. The van der Waals surface area contributed by atoms with Crippen molar-refractivity contribution in [1.82, 2.24) is 0 Å². The van der Waals surface area contributed by atoms with Crippen LogP contribution in [0.1, 0.15) is 17.9 Å². The van der Waals surface area contributed by atoms with Gasteiger partial charge in [0.1, 0.15) is 0 Å². The molecule has 3 nitrogen and oxygen atoms in total. The van der Waals surface area contributed by atoms with Gasteiger partial charge in [-0.3, -0.25) is 9.79 Å². The van der Waals surface area contributed by atoms with Gasteiger partial charge in [0.05, 0.1) is 16.8 Å². The minimum atomic E-state index is -0.462. The number of hydrogen-bond donors (Lipinski definition) is 0. The standard InChI is InChI=1S/C14H12ClNO2S/c1-10(17)18-13(14-6-3-7-19-14)9-16-12-5-2-4-11(15)8-12/h2-9,13H,1H3. The van der Waals surface area contributed by atoms with Crippen LogP contribution >= 0.6 is 22.9 Å². The highest BCUT2D eigenvalue weighted by molar-refractivity contribution is 7.10. The molecule has 0 fully saturated rings. The predicted octanol–water partition coefficient (Wildman–Crippen LogP) is 4.41. The number of hydrogen-bond acceptors (Lipinski definition) is 4. The van der Waals surface area contributed by atoms with Crippen molar-refractivity contribution < 1.29 is 9.53 Å². The SMILES string of the molecule is CC(=O)OC(C=Nc1cccc(Cl)c1)c1cccs1. The molecule has 0 N–H and O–H groups in total. The van der Waals surface area contributed by atoms with Crippen molar-refractivity contribution in [2.24, 2.45) is 4.99 Å². The number of nitrogens with zero attached hydrogens (tertiary/aromatic N) is 1. The summed E-state index contributed by atoms with van der Waals surface area (Å²) in [6.07, 6.45) is 1.15. The number of carbonyl (C=O) groups excluding carboxylic acids is 1. The van der Waals surface area contributed by atoms with Gasteiger partial charge in [0.2, 0.25) is 0 Å². The summed E-state index contributed by atoms with van der Waals surface area (Å²) in [6, 6.07) is 11.0. The molecule has 0 aliphatic heterocycles. The van der Waals surface area contributed by atoms with E-state index in [-0.39, 0.29) is 5.97 Å². The number of thiophene rings is 1. The zero-order valence-corrected chi connectivity index (χ0v) is 11.8. The molecule has 19 heavy (non-hydrogen) atoms. The van der Waals surface area contributed by atoms with E-state index in [2.05, 4.69) is 4.99 Å². The monoisotopic (exact) mass is 293 g/mol. The molecule has 5 heteroatoms. The summed E-state index contributed by atoms with van der Waals surface area (Å²) in [5, 5.41) is 2.55. The van der Waals surface area contributed by atoms with Gasteiger partial charge >= 0.3 is 5.97 Å². The van der Waals surface area contributed by atoms with Gasteiger partial charge in [-0.05, 0) is 29.6 Å². The Balaban J connectivity index is 2.18. The fourth-order valence-corrected chi connectivity index (χ4v) is 2.40. The van der Waals surface area contributed by atoms with Gasteiger partial charge < -0.3 is 4.74 Å². The van der Waals surface area contributed by atoms with E-state index < -0.39 is 6.10 Å². The van der Waals surface area contributed by atoms with Gasteiger partial charge in [0.25, 0.3) is 0 Å². The molecule has 0 aliphatic carbocycles. The number of aliphatic imine (C=N–C) groups is 1. The van der Waals surface area contributed by atoms with E-state index in [0.29, 0.717) is 5.02 Å². The van der Waals surface area contributed by atoms with Gasteiger partial charge in [0.15, 0.2) is 6.10 Å². The number of carbonyl (C=O) groups is 1. The molecule has 0 aliphatic rings. The van der Waals surface area contributed by atoms with E-state index in [0.717, 1.165) is 10.6 Å². The zero-order chi connectivity index (χ0) is 13.7. The van der Waals surface area contributed by atoms with E-state index in [1.54, 1.807) is 18.3 Å². The number of esters is 1. The van der Waals surface area contributed by atoms with Gasteiger partial charge in [0, 0.05) is 11.9 Å². The molecule has 98 valence electrons. The van der Waals surface area contributed by atoms with Gasteiger partial charge in [-0.1, -0.05) is 23.7 Å². The van der Waals surface area contributed by atoms with E-state index in [1.165, 1.54) is 18.3 Å². The number of ether oxygens (including phenoxy) is 1. The minimum absolute atomic E-state index is 0.337. The van der Waals surface area contributed by atoms with Crippen LogP contribution in [0.15, 0.2) is 46.8 Å². The predicted molar refractivity (Wildman–Crippen MR) is 78.4 cm³/mol. The van der Waals surface area contributed by atoms with E-state index in [1.807, 2.05) is 29.6 Å². The van der Waals surface area contributed by atoms with Crippen LogP contribution < -0.4 is 0 Å². The number of benzene rings is 1. The maximum Gasteiger partial charge on any atom is 0.303 e. The summed E-state index contributed by atoms with van der Waals surface area (Å²) >= 11 is 7.40. The first-order valence-corrected chi connectivity index (χ1v) is 6.91. The Hall–Kier alpha value is -1.65. The Morgan fingerprint density at radius 3 is 2.89 bits per heavy atom. The molecule has 2 rings (SSSR count). The third-order valence-corrected chi connectivity index (χ3v) is 3.45.